The standard InChI is InChI=1S/C10H15NO2/c1-8-9(11)4-2-5-10(8)13-7-3-6-12/h2,4-5,12H,3,6-7,11H2,1H3. The second kappa shape index (κ2) is 4.72. The highest BCUT2D eigenvalue weighted by Crippen LogP contribution is 2.22. The molecule has 1 aromatic carbocycles. The first-order valence-corrected chi connectivity index (χ1v) is 4.34. The Labute approximate surface area is 78.1 Å². The highest BCUT2D eigenvalue weighted by molar-refractivity contribution is 5.53. The molecule has 0 radical (unpaired) electrons. The van der Waals surface area contributed by atoms with Gasteiger partial charge in [0.1, 0.15) is 5.75 Å². The van der Waals surface area contributed by atoms with E-state index in [9.17, 15) is 0 Å². The Balaban J connectivity index is 2.61. The van der Waals surface area contributed by atoms with Crippen LogP contribution in [0.3, 0.4) is 0 Å². The zero-order chi connectivity index (χ0) is 9.68. The van der Waals surface area contributed by atoms with Gasteiger partial charge in [-0.1, -0.05) is 6.07 Å². The van der Waals surface area contributed by atoms with Crippen LogP contribution in [0.5, 0.6) is 5.75 Å². The van der Waals surface area contributed by atoms with Crippen molar-refractivity contribution in [1.29, 1.82) is 0 Å². The Kier molecular flexibility index (Phi) is 3.58. The summed E-state index contributed by atoms with van der Waals surface area (Å²) in [6.45, 7) is 2.60. The van der Waals surface area contributed by atoms with Crippen LogP contribution in [0.2, 0.25) is 0 Å². The first-order chi connectivity index (χ1) is 6.25. The maximum Gasteiger partial charge on any atom is 0.124 e. The van der Waals surface area contributed by atoms with Gasteiger partial charge in [0, 0.05) is 24.3 Å². The zero-order valence-electron chi connectivity index (χ0n) is 7.79. The molecule has 0 unspecified atom stereocenters. The van der Waals surface area contributed by atoms with Gasteiger partial charge in [-0.3, -0.25) is 0 Å². The van der Waals surface area contributed by atoms with E-state index in [1.165, 1.54) is 0 Å². The molecule has 0 aliphatic rings. The van der Waals surface area contributed by atoms with E-state index in [-0.39, 0.29) is 6.61 Å². The number of nitrogens with two attached hydrogens (primary N) is 1. The van der Waals surface area contributed by atoms with Crippen LogP contribution < -0.4 is 10.5 Å². The van der Waals surface area contributed by atoms with Gasteiger partial charge in [-0.25, -0.2) is 0 Å². The Morgan fingerprint density at radius 1 is 1.46 bits per heavy atom. The van der Waals surface area contributed by atoms with Gasteiger partial charge in [-0.15, -0.1) is 0 Å². The number of aliphatic hydroxyl groups is 1. The number of nitrogen functional groups attached to an aromatic ring is 1. The van der Waals surface area contributed by atoms with Gasteiger partial charge in [0.25, 0.3) is 0 Å². The van der Waals surface area contributed by atoms with Gasteiger partial charge in [0.15, 0.2) is 0 Å². The Morgan fingerprint density at radius 2 is 2.23 bits per heavy atom. The largest absolute Gasteiger partial charge is 0.493 e. The number of hydrogen-bond donors (Lipinski definition) is 2. The van der Waals surface area contributed by atoms with Gasteiger partial charge >= 0.3 is 0 Å². The van der Waals surface area contributed by atoms with Crippen molar-refractivity contribution in [3.63, 3.8) is 0 Å². The minimum atomic E-state index is 0.154. The van der Waals surface area contributed by atoms with Crippen molar-refractivity contribution < 1.29 is 9.84 Å². The molecule has 1 aromatic rings. The van der Waals surface area contributed by atoms with Crippen LogP contribution in [0.15, 0.2) is 18.2 Å². The molecule has 0 saturated carbocycles. The van der Waals surface area contributed by atoms with E-state index in [2.05, 4.69) is 0 Å². The van der Waals surface area contributed by atoms with Crippen LogP contribution in [0.4, 0.5) is 5.69 Å². The van der Waals surface area contributed by atoms with Gasteiger partial charge in [0.05, 0.1) is 6.61 Å². The molecule has 0 fully saturated rings. The van der Waals surface area contributed by atoms with E-state index in [0.717, 1.165) is 17.0 Å². The molecule has 0 heterocycles. The maximum absolute atomic E-state index is 8.56. The molecule has 3 N–H and O–H groups in total. The molecule has 3 nitrogen and oxygen atoms in total. The number of ether oxygens (including phenoxy) is 1. The number of anilines is 1. The Hall–Kier alpha value is -1.22. The fourth-order valence-electron chi connectivity index (χ4n) is 1.03. The average molecular weight is 181 g/mol. The molecule has 3 heteroatoms. The van der Waals surface area contributed by atoms with Gasteiger partial charge in [0.2, 0.25) is 0 Å². The highest BCUT2D eigenvalue weighted by atomic mass is 16.5. The third-order valence-corrected chi connectivity index (χ3v) is 1.89. The van der Waals surface area contributed by atoms with Crippen molar-refractivity contribution in [3.8, 4) is 5.75 Å². The lowest BCUT2D eigenvalue weighted by Gasteiger charge is -2.09. The third kappa shape index (κ3) is 2.63. The lowest BCUT2D eigenvalue weighted by molar-refractivity contribution is 0.233. The zero-order valence-corrected chi connectivity index (χ0v) is 7.79. The molecule has 72 valence electrons. The highest BCUT2D eigenvalue weighted by Gasteiger charge is 2.00. The molecular weight excluding hydrogens is 166 g/mol. The summed E-state index contributed by atoms with van der Waals surface area (Å²) in [7, 11) is 0. The summed E-state index contributed by atoms with van der Waals surface area (Å²) in [5.41, 5.74) is 7.39. The van der Waals surface area contributed by atoms with Crippen molar-refractivity contribution in [2.75, 3.05) is 18.9 Å². The second-order valence-electron chi connectivity index (χ2n) is 2.90. The molecule has 0 amide bonds. The average Bonchev–Trinajstić information content (AvgIpc) is 2.13. The van der Waals surface area contributed by atoms with Crippen molar-refractivity contribution >= 4 is 5.69 Å². The summed E-state index contributed by atoms with van der Waals surface area (Å²) in [5.74, 6) is 0.799. The Bertz CT molecular complexity index is 274. The fraction of sp³-hybridized carbons (Fsp3) is 0.400. The van der Waals surface area contributed by atoms with Crippen molar-refractivity contribution in [2.24, 2.45) is 0 Å². The van der Waals surface area contributed by atoms with E-state index in [0.29, 0.717) is 13.0 Å². The van der Waals surface area contributed by atoms with Gasteiger partial charge in [-0.05, 0) is 19.1 Å². The molecule has 0 aliphatic heterocycles. The summed E-state index contributed by atoms with van der Waals surface area (Å²) in [6.07, 6.45) is 0.647. The van der Waals surface area contributed by atoms with Gasteiger partial charge < -0.3 is 15.6 Å². The number of benzene rings is 1. The summed E-state index contributed by atoms with van der Waals surface area (Å²) in [5, 5.41) is 8.56. The van der Waals surface area contributed by atoms with Crippen LogP contribution >= 0.6 is 0 Å². The lowest BCUT2D eigenvalue weighted by Crippen LogP contribution is -2.02. The number of rotatable bonds is 4. The smallest absolute Gasteiger partial charge is 0.124 e. The van der Waals surface area contributed by atoms with Crippen LogP contribution in [0.1, 0.15) is 12.0 Å². The number of hydrogen-bond acceptors (Lipinski definition) is 3. The monoisotopic (exact) mass is 181 g/mol. The predicted molar refractivity (Wildman–Crippen MR) is 52.8 cm³/mol. The molecular formula is C10H15NO2. The second-order valence-corrected chi connectivity index (χ2v) is 2.90. The van der Waals surface area contributed by atoms with Crippen molar-refractivity contribution in [2.45, 2.75) is 13.3 Å². The van der Waals surface area contributed by atoms with E-state index in [1.807, 2.05) is 25.1 Å². The van der Waals surface area contributed by atoms with Crippen LogP contribution in [0, 0.1) is 6.92 Å². The quantitative estimate of drug-likeness (QED) is 0.544. The first kappa shape index (κ1) is 9.86. The molecule has 0 spiro atoms. The first-order valence-electron chi connectivity index (χ1n) is 4.34. The van der Waals surface area contributed by atoms with E-state index in [1.54, 1.807) is 0 Å². The minimum absolute atomic E-state index is 0.154. The molecule has 0 aliphatic carbocycles. The third-order valence-electron chi connectivity index (χ3n) is 1.89. The molecule has 0 aromatic heterocycles. The van der Waals surface area contributed by atoms with Gasteiger partial charge in [-0.2, -0.15) is 0 Å². The molecule has 0 atom stereocenters. The summed E-state index contributed by atoms with van der Waals surface area (Å²) in [4.78, 5) is 0. The van der Waals surface area contributed by atoms with Crippen LogP contribution in [-0.4, -0.2) is 18.3 Å². The summed E-state index contributed by atoms with van der Waals surface area (Å²) < 4.78 is 5.42. The maximum atomic E-state index is 8.56. The Morgan fingerprint density at radius 3 is 2.92 bits per heavy atom. The van der Waals surface area contributed by atoms with E-state index < -0.39 is 0 Å². The predicted octanol–water partition coefficient (Wildman–Crippen LogP) is 1.34. The van der Waals surface area contributed by atoms with Crippen LogP contribution in [-0.2, 0) is 0 Å². The fourth-order valence-corrected chi connectivity index (χ4v) is 1.03. The van der Waals surface area contributed by atoms with Crippen LogP contribution in [0.25, 0.3) is 0 Å². The normalized spacial score (nSPS) is 10.0. The number of aliphatic hydroxyl groups excluding tert-OH is 1. The lowest BCUT2D eigenvalue weighted by atomic mass is 10.2. The van der Waals surface area contributed by atoms with E-state index in [4.69, 9.17) is 15.6 Å². The van der Waals surface area contributed by atoms with Crippen molar-refractivity contribution in [3.05, 3.63) is 23.8 Å². The molecule has 1 rings (SSSR count). The molecule has 13 heavy (non-hydrogen) atoms. The summed E-state index contributed by atoms with van der Waals surface area (Å²) >= 11 is 0. The molecule has 0 saturated heterocycles. The molecule has 0 bridgehead atoms. The SMILES string of the molecule is Cc1c(N)cccc1OCCCO. The minimum Gasteiger partial charge on any atom is -0.493 e. The summed E-state index contributed by atoms with van der Waals surface area (Å²) in [6, 6.07) is 5.58. The van der Waals surface area contributed by atoms with Crippen molar-refractivity contribution in [1.82, 2.24) is 0 Å². The van der Waals surface area contributed by atoms with E-state index >= 15 is 0 Å². The topological polar surface area (TPSA) is 55.5 Å².